The van der Waals surface area contributed by atoms with Crippen molar-refractivity contribution in [3.8, 4) is 0 Å². The first-order valence-electron chi connectivity index (χ1n) is 7.30. The Morgan fingerprint density at radius 3 is 2.55 bits per heavy atom. The van der Waals surface area contributed by atoms with Gasteiger partial charge in [0, 0.05) is 30.8 Å². The number of nitrogens with one attached hydrogen (secondary N) is 1. The number of anilines is 2. The molecule has 0 saturated carbocycles. The number of nitro groups is 1. The molecule has 0 unspecified atom stereocenters. The molecule has 0 amide bonds. The summed E-state index contributed by atoms with van der Waals surface area (Å²) in [5.74, 6) is 0. The number of hydrogen-bond donors (Lipinski definition) is 1. The van der Waals surface area contributed by atoms with E-state index in [1.165, 1.54) is 5.69 Å². The molecule has 114 valence electrons. The second-order valence-corrected chi connectivity index (χ2v) is 6.31. The van der Waals surface area contributed by atoms with E-state index in [-0.39, 0.29) is 16.1 Å². The summed E-state index contributed by atoms with van der Waals surface area (Å²) in [5.41, 5.74) is 3.47. The number of fused-ring (bicyclic) bond motifs is 1. The molecule has 0 aliphatic carbocycles. The van der Waals surface area contributed by atoms with E-state index in [2.05, 4.69) is 36.2 Å². The molecule has 1 N–H and O–H groups in total. The zero-order valence-corrected chi connectivity index (χ0v) is 12.7. The van der Waals surface area contributed by atoms with Gasteiger partial charge in [0.05, 0.1) is 16.3 Å². The Balaban J connectivity index is 1.86. The molecule has 0 atom stereocenters. The highest BCUT2D eigenvalue weighted by atomic mass is 16.6. The second kappa shape index (κ2) is 5.33. The highest BCUT2D eigenvalue weighted by molar-refractivity contribution is 5.73. The van der Waals surface area contributed by atoms with E-state index in [4.69, 9.17) is 0 Å². The van der Waals surface area contributed by atoms with E-state index in [0.717, 1.165) is 24.3 Å². The molecular formula is C17H19N3O2. The summed E-state index contributed by atoms with van der Waals surface area (Å²) in [7, 11) is 0. The van der Waals surface area contributed by atoms with Crippen LogP contribution in [0, 0.1) is 10.1 Å². The topological polar surface area (TPSA) is 58.4 Å². The molecule has 5 heteroatoms. The van der Waals surface area contributed by atoms with Gasteiger partial charge in [-0.1, -0.05) is 24.3 Å². The van der Waals surface area contributed by atoms with E-state index in [9.17, 15) is 10.1 Å². The SMILES string of the molecule is CC1(C)CN(Cc2ccc([N+](=O)[O-])cc2)c2ccccc2N1. The normalized spacial score (nSPS) is 15.8. The van der Waals surface area contributed by atoms with Crippen molar-refractivity contribution < 1.29 is 4.92 Å². The molecule has 0 fully saturated rings. The van der Waals surface area contributed by atoms with Crippen LogP contribution in [-0.2, 0) is 6.54 Å². The van der Waals surface area contributed by atoms with Crippen LogP contribution in [0.5, 0.6) is 0 Å². The summed E-state index contributed by atoms with van der Waals surface area (Å²) in [6.07, 6.45) is 0. The second-order valence-electron chi connectivity index (χ2n) is 6.31. The van der Waals surface area contributed by atoms with Gasteiger partial charge in [0.2, 0.25) is 0 Å². The minimum atomic E-state index is -0.368. The Hall–Kier alpha value is -2.56. The lowest BCUT2D eigenvalue weighted by molar-refractivity contribution is -0.384. The smallest absolute Gasteiger partial charge is 0.269 e. The first-order chi connectivity index (χ1) is 10.4. The van der Waals surface area contributed by atoms with E-state index < -0.39 is 0 Å². The van der Waals surface area contributed by atoms with Gasteiger partial charge in [-0.2, -0.15) is 0 Å². The molecular weight excluding hydrogens is 278 g/mol. The number of rotatable bonds is 3. The van der Waals surface area contributed by atoms with Gasteiger partial charge < -0.3 is 10.2 Å². The number of hydrogen-bond acceptors (Lipinski definition) is 4. The van der Waals surface area contributed by atoms with Gasteiger partial charge in [-0.05, 0) is 31.5 Å². The maximum atomic E-state index is 10.7. The highest BCUT2D eigenvalue weighted by Crippen LogP contribution is 2.35. The highest BCUT2D eigenvalue weighted by Gasteiger charge is 2.29. The average Bonchev–Trinajstić information content (AvgIpc) is 2.46. The number of nitro benzene ring substituents is 1. The standard InChI is InChI=1S/C17H19N3O2/c1-17(2)12-19(16-6-4-3-5-15(16)18-17)11-13-7-9-14(10-8-13)20(21)22/h3-10,18H,11-12H2,1-2H3. The van der Waals surface area contributed by atoms with Crippen LogP contribution >= 0.6 is 0 Å². The summed E-state index contributed by atoms with van der Waals surface area (Å²) in [5, 5.41) is 14.3. The summed E-state index contributed by atoms with van der Waals surface area (Å²) < 4.78 is 0. The van der Waals surface area contributed by atoms with Gasteiger partial charge in [0.15, 0.2) is 0 Å². The summed E-state index contributed by atoms with van der Waals surface area (Å²) in [6.45, 7) is 5.96. The van der Waals surface area contributed by atoms with Crippen molar-refractivity contribution in [2.45, 2.75) is 25.9 Å². The molecule has 3 rings (SSSR count). The van der Waals surface area contributed by atoms with Crippen molar-refractivity contribution in [2.24, 2.45) is 0 Å². The zero-order chi connectivity index (χ0) is 15.7. The molecule has 2 aromatic carbocycles. The van der Waals surface area contributed by atoms with Gasteiger partial charge in [-0.25, -0.2) is 0 Å². The molecule has 2 aromatic rings. The maximum Gasteiger partial charge on any atom is 0.269 e. The lowest BCUT2D eigenvalue weighted by Crippen LogP contribution is -2.48. The van der Waals surface area contributed by atoms with Crippen LogP contribution in [0.4, 0.5) is 17.1 Å². The largest absolute Gasteiger partial charge is 0.377 e. The fraction of sp³-hybridized carbons (Fsp3) is 0.294. The average molecular weight is 297 g/mol. The molecule has 5 nitrogen and oxygen atoms in total. The molecule has 0 saturated heterocycles. The minimum Gasteiger partial charge on any atom is -0.377 e. The predicted octanol–water partition coefficient (Wildman–Crippen LogP) is 3.81. The van der Waals surface area contributed by atoms with Gasteiger partial charge in [-0.15, -0.1) is 0 Å². The first kappa shape index (κ1) is 14.4. The van der Waals surface area contributed by atoms with Crippen LogP contribution in [0.1, 0.15) is 19.4 Å². The minimum absolute atomic E-state index is 0.0187. The lowest BCUT2D eigenvalue weighted by Gasteiger charge is -2.42. The zero-order valence-electron chi connectivity index (χ0n) is 12.7. The third-order valence-corrected chi connectivity index (χ3v) is 3.82. The van der Waals surface area contributed by atoms with Crippen LogP contribution in [-0.4, -0.2) is 17.0 Å². The predicted molar refractivity (Wildman–Crippen MR) is 88.3 cm³/mol. The first-order valence-corrected chi connectivity index (χ1v) is 7.30. The van der Waals surface area contributed by atoms with Crippen molar-refractivity contribution in [3.05, 3.63) is 64.2 Å². The van der Waals surface area contributed by atoms with Crippen LogP contribution in [0.2, 0.25) is 0 Å². The Labute approximate surface area is 129 Å². The van der Waals surface area contributed by atoms with Gasteiger partial charge >= 0.3 is 0 Å². The Morgan fingerprint density at radius 2 is 1.86 bits per heavy atom. The molecule has 1 aliphatic heterocycles. The van der Waals surface area contributed by atoms with E-state index in [1.807, 2.05) is 24.3 Å². The maximum absolute atomic E-state index is 10.7. The van der Waals surface area contributed by atoms with Gasteiger partial charge in [-0.3, -0.25) is 10.1 Å². The summed E-state index contributed by atoms with van der Waals surface area (Å²) >= 11 is 0. The summed E-state index contributed by atoms with van der Waals surface area (Å²) in [4.78, 5) is 12.7. The van der Waals surface area contributed by atoms with E-state index >= 15 is 0 Å². The molecule has 0 aromatic heterocycles. The summed E-state index contributed by atoms with van der Waals surface area (Å²) in [6, 6.07) is 15.0. The molecule has 1 heterocycles. The third kappa shape index (κ3) is 2.88. The molecule has 0 bridgehead atoms. The Morgan fingerprint density at radius 1 is 1.18 bits per heavy atom. The molecule has 0 radical (unpaired) electrons. The quantitative estimate of drug-likeness (QED) is 0.691. The van der Waals surface area contributed by atoms with Crippen LogP contribution in [0.3, 0.4) is 0 Å². The van der Waals surface area contributed by atoms with Crippen LogP contribution < -0.4 is 10.2 Å². The number of benzene rings is 2. The number of nitrogens with zero attached hydrogens (tertiary/aromatic N) is 2. The van der Waals surface area contributed by atoms with Crippen molar-refractivity contribution >= 4 is 17.1 Å². The molecule has 22 heavy (non-hydrogen) atoms. The van der Waals surface area contributed by atoms with Crippen LogP contribution in [0.25, 0.3) is 0 Å². The van der Waals surface area contributed by atoms with Gasteiger partial charge in [0.25, 0.3) is 5.69 Å². The van der Waals surface area contributed by atoms with Crippen LogP contribution in [0.15, 0.2) is 48.5 Å². The van der Waals surface area contributed by atoms with E-state index in [1.54, 1.807) is 12.1 Å². The van der Waals surface area contributed by atoms with Crippen molar-refractivity contribution in [1.29, 1.82) is 0 Å². The monoisotopic (exact) mass is 297 g/mol. The van der Waals surface area contributed by atoms with Crippen molar-refractivity contribution in [3.63, 3.8) is 0 Å². The van der Waals surface area contributed by atoms with Crippen molar-refractivity contribution in [1.82, 2.24) is 0 Å². The lowest BCUT2D eigenvalue weighted by atomic mass is 9.98. The third-order valence-electron chi connectivity index (χ3n) is 3.82. The fourth-order valence-corrected chi connectivity index (χ4v) is 2.91. The van der Waals surface area contributed by atoms with Gasteiger partial charge in [0.1, 0.15) is 0 Å². The Kier molecular flexibility index (Phi) is 3.48. The number of non-ortho nitro benzene ring substituents is 1. The number of para-hydroxylation sites is 2. The molecule has 1 aliphatic rings. The fourth-order valence-electron chi connectivity index (χ4n) is 2.91. The van der Waals surface area contributed by atoms with Crippen molar-refractivity contribution in [2.75, 3.05) is 16.8 Å². The molecule has 0 spiro atoms. The Bertz CT molecular complexity index is 695. The van der Waals surface area contributed by atoms with E-state index in [0.29, 0.717) is 0 Å².